The minimum absolute atomic E-state index is 0.181. The molecule has 0 aromatic heterocycles. The molecule has 17 heavy (non-hydrogen) atoms. The molecule has 3 nitrogen and oxygen atoms in total. The summed E-state index contributed by atoms with van der Waals surface area (Å²) in [6, 6.07) is 0.808. The Kier molecular flexibility index (Phi) is 3.42. The van der Waals surface area contributed by atoms with Crippen molar-refractivity contribution in [2.45, 2.75) is 56.5 Å². The summed E-state index contributed by atoms with van der Waals surface area (Å²) in [5.41, 5.74) is 6.28. The van der Waals surface area contributed by atoms with Crippen LogP contribution in [0, 0.1) is 5.92 Å². The minimum atomic E-state index is 0.181. The van der Waals surface area contributed by atoms with Crippen LogP contribution < -0.4 is 5.73 Å². The van der Waals surface area contributed by atoms with Gasteiger partial charge in [-0.25, -0.2) is 0 Å². The van der Waals surface area contributed by atoms with E-state index in [1.807, 2.05) is 0 Å². The molecule has 2 aliphatic heterocycles. The maximum absolute atomic E-state index is 6.10. The van der Waals surface area contributed by atoms with Gasteiger partial charge in [0, 0.05) is 19.2 Å². The van der Waals surface area contributed by atoms with Gasteiger partial charge in [-0.05, 0) is 44.6 Å². The molecule has 98 valence electrons. The summed E-state index contributed by atoms with van der Waals surface area (Å²) >= 11 is 0. The lowest BCUT2D eigenvalue weighted by molar-refractivity contribution is -0.0291. The van der Waals surface area contributed by atoms with E-state index in [0.29, 0.717) is 0 Å². The van der Waals surface area contributed by atoms with Crippen LogP contribution in [-0.2, 0) is 4.74 Å². The zero-order valence-electron chi connectivity index (χ0n) is 10.9. The van der Waals surface area contributed by atoms with Gasteiger partial charge in [-0.3, -0.25) is 4.90 Å². The van der Waals surface area contributed by atoms with Gasteiger partial charge in [-0.15, -0.1) is 0 Å². The fraction of sp³-hybridized carbons (Fsp3) is 1.00. The number of ether oxygens (including phenoxy) is 1. The Bertz CT molecular complexity index is 261. The Morgan fingerprint density at radius 1 is 1.18 bits per heavy atom. The van der Waals surface area contributed by atoms with Crippen LogP contribution >= 0.6 is 0 Å². The number of nitrogens with zero attached hydrogens (tertiary/aromatic N) is 1. The summed E-state index contributed by atoms with van der Waals surface area (Å²) < 4.78 is 5.66. The van der Waals surface area contributed by atoms with Gasteiger partial charge in [-0.1, -0.05) is 12.8 Å². The minimum Gasteiger partial charge on any atom is -0.379 e. The Balaban J connectivity index is 1.79. The summed E-state index contributed by atoms with van der Waals surface area (Å²) in [5.74, 6) is 0.946. The number of hydrogen-bond acceptors (Lipinski definition) is 3. The summed E-state index contributed by atoms with van der Waals surface area (Å²) in [6.07, 6.45) is 9.66. The van der Waals surface area contributed by atoms with Crippen LogP contribution in [0.5, 0.6) is 0 Å². The first-order valence-corrected chi connectivity index (χ1v) is 7.40. The number of hydrogen-bond donors (Lipinski definition) is 1. The van der Waals surface area contributed by atoms with E-state index in [9.17, 15) is 0 Å². The molecule has 2 saturated heterocycles. The van der Waals surface area contributed by atoms with Crippen LogP contribution in [0.3, 0.4) is 0 Å². The maximum atomic E-state index is 6.10. The Morgan fingerprint density at radius 3 is 2.76 bits per heavy atom. The molecule has 0 amide bonds. The molecule has 2 heterocycles. The molecule has 3 fully saturated rings. The molecule has 3 rings (SSSR count). The second-order valence-electron chi connectivity index (χ2n) is 6.18. The highest BCUT2D eigenvalue weighted by Crippen LogP contribution is 2.40. The molecule has 0 bridgehead atoms. The molecule has 2 N–H and O–H groups in total. The molecule has 3 unspecified atom stereocenters. The van der Waals surface area contributed by atoms with Crippen LogP contribution in [-0.4, -0.2) is 42.8 Å². The molecule has 0 radical (unpaired) electrons. The second-order valence-corrected chi connectivity index (χ2v) is 6.18. The second kappa shape index (κ2) is 4.87. The standard InChI is InChI=1S/C14H26N2O/c15-10-14(7-9-17-11-14)16-8-3-5-12-4-1-2-6-13(12)16/h12-13H,1-11,15H2. The van der Waals surface area contributed by atoms with Gasteiger partial charge < -0.3 is 10.5 Å². The summed E-state index contributed by atoms with van der Waals surface area (Å²) in [7, 11) is 0. The highest BCUT2D eigenvalue weighted by atomic mass is 16.5. The van der Waals surface area contributed by atoms with Crippen LogP contribution in [0.1, 0.15) is 44.9 Å². The lowest BCUT2D eigenvalue weighted by Crippen LogP contribution is -2.62. The fourth-order valence-corrected chi connectivity index (χ4v) is 4.31. The van der Waals surface area contributed by atoms with Crippen molar-refractivity contribution in [1.82, 2.24) is 4.90 Å². The quantitative estimate of drug-likeness (QED) is 0.796. The van der Waals surface area contributed by atoms with E-state index in [1.165, 1.54) is 45.1 Å². The first-order valence-electron chi connectivity index (χ1n) is 7.40. The first-order chi connectivity index (χ1) is 8.36. The van der Waals surface area contributed by atoms with Crippen molar-refractivity contribution >= 4 is 0 Å². The molecular weight excluding hydrogens is 212 g/mol. The van der Waals surface area contributed by atoms with Crippen LogP contribution in [0.15, 0.2) is 0 Å². The molecule has 1 aliphatic carbocycles. The predicted molar refractivity (Wildman–Crippen MR) is 68.9 cm³/mol. The Hall–Kier alpha value is -0.120. The zero-order chi connectivity index (χ0) is 11.7. The van der Waals surface area contributed by atoms with Gasteiger partial charge >= 0.3 is 0 Å². The fourth-order valence-electron chi connectivity index (χ4n) is 4.31. The number of nitrogens with two attached hydrogens (primary N) is 1. The van der Waals surface area contributed by atoms with Crippen molar-refractivity contribution in [3.05, 3.63) is 0 Å². The third-order valence-electron chi connectivity index (χ3n) is 5.31. The van der Waals surface area contributed by atoms with Crippen molar-refractivity contribution in [1.29, 1.82) is 0 Å². The predicted octanol–water partition coefficient (Wildman–Crippen LogP) is 1.76. The Morgan fingerprint density at radius 2 is 2.00 bits per heavy atom. The van der Waals surface area contributed by atoms with Gasteiger partial charge in [0.1, 0.15) is 0 Å². The third kappa shape index (κ3) is 2.02. The van der Waals surface area contributed by atoms with Crippen molar-refractivity contribution in [3.63, 3.8) is 0 Å². The topological polar surface area (TPSA) is 38.5 Å². The van der Waals surface area contributed by atoms with E-state index in [2.05, 4.69) is 4.90 Å². The zero-order valence-corrected chi connectivity index (χ0v) is 10.9. The molecule has 0 aromatic carbocycles. The van der Waals surface area contributed by atoms with Crippen molar-refractivity contribution in [2.75, 3.05) is 26.3 Å². The highest BCUT2D eigenvalue weighted by Gasteiger charge is 2.46. The first kappa shape index (κ1) is 11.9. The van der Waals surface area contributed by atoms with Crippen LogP contribution in [0.25, 0.3) is 0 Å². The normalized spacial score (nSPS) is 43.6. The lowest BCUT2D eigenvalue weighted by Gasteiger charge is -2.51. The average molecular weight is 238 g/mol. The summed E-state index contributed by atoms with van der Waals surface area (Å²) in [5, 5.41) is 0. The monoisotopic (exact) mass is 238 g/mol. The Labute approximate surface area is 105 Å². The van der Waals surface area contributed by atoms with E-state index in [0.717, 1.165) is 38.1 Å². The van der Waals surface area contributed by atoms with Crippen LogP contribution in [0.4, 0.5) is 0 Å². The molecule has 3 heteroatoms. The SMILES string of the molecule is NCC1(N2CCCC3CCCCC32)CCOC1. The molecular formula is C14H26N2O. The van der Waals surface area contributed by atoms with E-state index < -0.39 is 0 Å². The van der Waals surface area contributed by atoms with Crippen molar-refractivity contribution in [3.8, 4) is 0 Å². The largest absolute Gasteiger partial charge is 0.379 e. The molecule has 1 saturated carbocycles. The van der Waals surface area contributed by atoms with E-state index in [1.54, 1.807) is 0 Å². The van der Waals surface area contributed by atoms with Crippen LogP contribution in [0.2, 0.25) is 0 Å². The van der Waals surface area contributed by atoms with Crippen molar-refractivity contribution < 1.29 is 4.74 Å². The molecule has 0 spiro atoms. The number of likely N-dealkylation sites (tertiary alicyclic amines) is 1. The van der Waals surface area contributed by atoms with E-state index in [4.69, 9.17) is 10.5 Å². The van der Waals surface area contributed by atoms with E-state index >= 15 is 0 Å². The average Bonchev–Trinajstić information content (AvgIpc) is 2.88. The molecule has 3 aliphatic rings. The van der Waals surface area contributed by atoms with Gasteiger partial charge in [0.25, 0.3) is 0 Å². The maximum Gasteiger partial charge on any atom is 0.0663 e. The number of piperidine rings is 1. The smallest absolute Gasteiger partial charge is 0.0663 e. The number of rotatable bonds is 2. The van der Waals surface area contributed by atoms with Gasteiger partial charge in [-0.2, -0.15) is 0 Å². The van der Waals surface area contributed by atoms with Gasteiger partial charge in [0.05, 0.1) is 12.1 Å². The number of fused-ring (bicyclic) bond motifs is 1. The lowest BCUT2D eigenvalue weighted by atomic mass is 9.75. The summed E-state index contributed by atoms with van der Waals surface area (Å²) in [4.78, 5) is 2.76. The van der Waals surface area contributed by atoms with Crippen molar-refractivity contribution in [2.24, 2.45) is 11.7 Å². The third-order valence-corrected chi connectivity index (χ3v) is 5.31. The van der Waals surface area contributed by atoms with E-state index in [-0.39, 0.29) is 5.54 Å². The van der Waals surface area contributed by atoms with Gasteiger partial charge in [0.15, 0.2) is 0 Å². The highest BCUT2D eigenvalue weighted by molar-refractivity contribution is 5.01. The summed E-state index contributed by atoms with van der Waals surface area (Å²) in [6.45, 7) is 3.80. The molecule has 3 atom stereocenters. The molecule has 0 aromatic rings. The van der Waals surface area contributed by atoms with Gasteiger partial charge in [0.2, 0.25) is 0 Å².